The summed E-state index contributed by atoms with van der Waals surface area (Å²) >= 11 is 7.45. The highest BCUT2D eigenvalue weighted by Crippen LogP contribution is 2.40. The molecule has 1 saturated heterocycles. The molecule has 1 aromatic rings. The zero-order valence-corrected chi connectivity index (χ0v) is 9.66. The maximum atomic E-state index is 5.91. The standard InChI is InChI=1S/C10H13ClO2S/c1-2-5-10(12-6-7-13-10)8-3-4-9(11)14-8/h3-4H,2,5-7H2,1H3. The summed E-state index contributed by atoms with van der Waals surface area (Å²) in [6, 6.07) is 3.89. The minimum absolute atomic E-state index is 0.507. The van der Waals surface area contributed by atoms with Crippen molar-refractivity contribution in [1.82, 2.24) is 0 Å². The summed E-state index contributed by atoms with van der Waals surface area (Å²) in [5.41, 5.74) is 0. The summed E-state index contributed by atoms with van der Waals surface area (Å²) in [6.45, 7) is 3.48. The van der Waals surface area contributed by atoms with E-state index in [2.05, 4.69) is 6.92 Å². The van der Waals surface area contributed by atoms with Crippen LogP contribution in [0.25, 0.3) is 0 Å². The van der Waals surface area contributed by atoms with E-state index in [0.29, 0.717) is 13.2 Å². The maximum Gasteiger partial charge on any atom is 0.204 e. The molecule has 0 unspecified atom stereocenters. The van der Waals surface area contributed by atoms with Crippen LogP contribution in [0.5, 0.6) is 0 Å². The Hall–Kier alpha value is -0.0900. The average Bonchev–Trinajstić information content (AvgIpc) is 2.75. The van der Waals surface area contributed by atoms with Crippen LogP contribution in [0.4, 0.5) is 0 Å². The monoisotopic (exact) mass is 232 g/mol. The van der Waals surface area contributed by atoms with Gasteiger partial charge in [-0.05, 0) is 12.1 Å². The Bertz CT molecular complexity index is 305. The predicted octanol–water partition coefficient (Wildman–Crippen LogP) is 3.40. The van der Waals surface area contributed by atoms with E-state index in [1.54, 1.807) is 0 Å². The van der Waals surface area contributed by atoms with Gasteiger partial charge in [-0.3, -0.25) is 0 Å². The van der Waals surface area contributed by atoms with E-state index in [0.717, 1.165) is 22.1 Å². The Balaban J connectivity index is 2.26. The first-order valence-corrected chi connectivity index (χ1v) is 6.00. The number of thiophene rings is 1. The normalized spacial score (nSPS) is 20.1. The summed E-state index contributed by atoms with van der Waals surface area (Å²) in [6.07, 6.45) is 1.93. The van der Waals surface area contributed by atoms with Gasteiger partial charge in [-0.1, -0.05) is 24.9 Å². The summed E-state index contributed by atoms with van der Waals surface area (Å²) in [5, 5.41) is 0. The Labute approximate surface area is 92.8 Å². The number of rotatable bonds is 3. The lowest BCUT2D eigenvalue weighted by atomic mass is 10.1. The molecule has 0 aliphatic carbocycles. The van der Waals surface area contributed by atoms with Gasteiger partial charge in [-0.2, -0.15) is 0 Å². The molecule has 14 heavy (non-hydrogen) atoms. The van der Waals surface area contributed by atoms with E-state index >= 15 is 0 Å². The molecule has 0 spiro atoms. The minimum atomic E-state index is -0.507. The van der Waals surface area contributed by atoms with Crippen molar-refractivity contribution in [1.29, 1.82) is 0 Å². The number of halogens is 1. The molecule has 0 radical (unpaired) electrons. The zero-order chi connectivity index (χ0) is 10.0. The van der Waals surface area contributed by atoms with Crippen LogP contribution >= 0.6 is 22.9 Å². The molecule has 1 aliphatic heterocycles. The highest BCUT2D eigenvalue weighted by molar-refractivity contribution is 7.16. The van der Waals surface area contributed by atoms with Crippen molar-refractivity contribution in [2.24, 2.45) is 0 Å². The molecule has 78 valence electrons. The Morgan fingerprint density at radius 3 is 2.64 bits per heavy atom. The lowest BCUT2D eigenvalue weighted by Crippen LogP contribution is -2.25. The quantitative estimate of drug-likeness (QED) is 0.795. The second kappa shape index (κ2) is 4.19. The molecule has 0 N–H and O–H groups in total. The third-order valence-electron chi connectivity index (χ3n) is 2.28. The average molecular weight is 233 g/mol. The topological polar surface area (TPSA) is 18.5 Å². The summed E-state index contributed by atoms with van der Waals surface area (Å²) in [7, 11) is 0. The molecule has 0 amide bonds. The molecule has 4 heteroatoms. The van der Waals surface area contributed by atoms with E-state index in [1.807, 2.05) is 12.1 Å². The van der Waals surface area contributed by atoms with Gasteiger partial charge >= 0.3 is 0 Å². The first-order valence-electron chi connectivity index (χ1n) is 4.80. The largest absolute Gasteiger partial charge is 0.343 e. The smallest absolute Gasteiger partial charge is 0.204 e. The molecular weight excluding hydrogens is 220 g/mol. The molecule has 2 heterocycles. The first kappa shape index (κ1) is 10.4. The van der Waals surface area contributed by atoms with E-state index in [-0.39, 0.29) is 0 Å². The molecule has 0 saturated carbocycles. The van der Waals surface area contributed by atoms with Crippen LogP contribution < -0.4 is 0 Å². The molecule has 2 nitrogen and oxygen atoms in total. The lowest BCUT2D eigenvalue weighted by molar-refractivity contribution is -0.168. The van der Waals surface area contributed by atoms with E-state index < -0.39 is 5.79 Å². The lowest BCUT2D eigenvalue weighted by Gasteiger charge is -2.25. The van der Waals surface area contributed by atoms with Crippen molar-refractivity contribution in [2.45, 2.75) is 25.6 Å². The van der Waals surface area contributed by atoms with Gasteiger partial charge in [0.1, 0.15) is 0 Å². The summed E-state index contributed by atoms with van der Waals surface area (Å²) in [4.78, 5) is 1.09. The van der Waals surface area contributed by atoms with Crippen molar-refractivity contribution in [3.05, 3.63) is 21.3 Å². The summed E-state index contributed by atoms with van der Waals surface area (Å²) < 4.78 is 12.2. The van der Waals surface area contributed by atoms with Crippen LogP contribution in [-0.2, 0) is 15.3 Å². The van der Waals surface area contributed by atoms with Crippen molar-refractivity contribution in [2.75, 3.05) is 13.2 Å². The van der Waals surface area contributed by atoms with Gasteiger partial charge in [-0.25, -0.2) is 0 Å². The van der Waals surface area contributed by atoms with Crippen LogP contribution in [0.15, 0.2) is 12.1 Å². The fraction of sp³-hybridized carbons (Fsp3) is 0.600. The highest BCUT2D eigenvalue weighted by Gasteiger charge is 2.38. The molecule has 0 atom stereocenters. The van der Waals surface area contributed by atoms with Gasteiger partial charge in [0, 0.05) is 6.42 Å². The van der Waals surface area contributed by atoms with Gasteiger partial charge in [0.05, 0.1) is 22.4 Å². The molecular formula is C10H13ClO2S. The van der Waals surface area contributed by atoms with Crippen molar-refractivity contribution in [3.63, 3.8) is 0 Å². The Morgan fingerprint density at radius 2 is 2.14 bits per heavy atom. The number of hydrogen-bond acceptors (Lipinski definition) is 3. The molecule has 0 bridgehead atoms. The molecule has 1 aromatic heterocycles. The van der Waals surface area contributed by atoms with Crippen LogP contribution in [0.2, 0.25) is 4.34 Å². The number of ether oxygens (including phenoxy) is 2. The van der Waals surface area contributed by atoms with E-state index in [4.69, 9.17) is 21.1 Å². The Kier molecular flexibility index (Phi) is 3.12. The second-order valence-electron chi connectivity index (χ2n) is 3.30. The highest BCUT2D eigenvalue weighted by atomic mass is 35.5. The first-order chi connectivity index (χ1) is 6.77. The fourth-order valence-corrected chi connectivity index (χ4v) is 2.88. The van der Waals surface area contributed by atoms with Crippen LogP contribution in [0, 0.1) is 0 Å². The molecule has 0 aromatic carbocycles. The second-order valence-corrected chi connectivity index (χ2v) is 5.02. The number of hydrogen-bond donors (Lipinski definition) is 0. The van der Waals surface area contributed by atoms with Crippen LogP contribution in [0.1, 0.15) is 24.6 Å². The van der Waals surface area contributed by atoms with Gasteiger partial charge in [0.25, 0.3) is 0 Å². The van der Waals surface area contributed by atoms with Crippen LogP contribution in [0.3, 0.4) is 0 Å². The van der Waals surface area contributed by atoms with Gasteiger partial charge in [0.2, 0.25) is 5.79 Å². The zero-order valence-electron chi connectivity index (χ0n) is 8.09. The summed E-state index contributed by atoms with van der Waals surface area (Å²) in [5.74, 6) is -0.507. The van der Waals surface area contributed by atoms with Crippen molar-refractivity contribution in [3.8, 4) is 0 Å². The SMILES string of the molecule is CCCC1(c2ccc(Cl)s2)OCCO1. The minimum Gasteiger partial charge on any atom is -0.343 e. The van der Waals surface area contributed by atoms with Crippen molar-refractivity contribution < 1.29 is 9.47 Å². The van der Waals surface area contributed by atoms with Crippen LogP contribution in [-0.4, -0.2) is 13.2 Å². The Morgan fingerprint density at radius 1 is 1.43 bits per heavy atom. The van der Waals surface area contributed by atoms with Gasteiger partial charge in [-0.15, -0.1) is 11.3 Å². The third-order valence-corrected chi connectivity index (χ3v) is 3.64. The molecule has 1 fully saturated rings. The predicted molar refractivity (Wildman–Crippen MR) is 57.8 cm³/mol. The van der Waals surface area contributed by atoms with Gasteiger partial charge in [0.15, 0.2) is 0 Å². The fourth-order valence-electron chi connectivity index (χ4n) is 1.71. The van der Waals surface area contributed by atoms with E-state index in [9.17, 15) is 0 Å². The van der Waals surface area contributed by atoms with Gasteiger partial charge < -0.3 is 9.47 Å². The van der Waals surface area contributed by atoms with E-state index in [1.165, 1.54) is 11.3 Å². The van der Waals surface area contributed by atoms with Crippen molar-refractivity contribution >= 4 is 22.9 Å². The third kappa shape index (κ3) is 1.82. The maximum absolute atomic E-state index is 5.91. The molecule has 2 rings (SSSR count). The molecule has 1 aliphatic rings.